The van der Waals surface area contributed by atoms with Crippen LogP contribution in [0.1, 0.15) is 11.4 Å². The van der Waals surface area contributed by atoms with E-state index in [-0.39, 0.29) is 4.21 Å². The standard InChI is InChI=1S/C12H13N5O2S2/c1-7-9-6-10(8(2)14-12(9)17(3)15-7)16-21(18,19)11-4-5-13-20-11/h4-6,16H,1-3H3. The van der Waals surface area contributed by atoms with Crippen LogP contribution in [0.25, 0.3) is 11.0 Å². The summed E-state index contributed by atoms with van der Waals surface area (Å²) in [7, 11) is -1.82. The highest BCUT2D eigenvalue weighted by Gasteiger charge is 2.19. The summed E-state index contributed by atoms with van der Waals surface area (Å²) in [6.45, 7) is 3.62. The second-order valence-electron chi connectivity index (χ2n) is 4.64. The Hall–Kier alpha value is -2.00. The summed E-state index contributed by atoms with van der Waals surface area (Å²) in [6, 6.07) is 3.22. The fourth-order valence-electron chi connectivity index (χ4n) is 2.07. The van der Waals surface area contributed by atoms with Gasteiger partial charge in [0, 0.05) is 18.6 Å². The molecule has 0 aromatic carbocycles. The van der Waals surface area contributed by atoms with E-state index in [9.17, 15) is 8.42 Å². The minimum Gasteiger partial charge on any atom is -0.277 e. The molecule has 3 aromatic heterocycles. The molecule has 0 fully saturated rings. The Balaban J connectivity index is 2.09. The van der Waals surface area contributed by atoms with Crippen LogP contribution >= 0.6 is 11.5 Å². The number of nitrogens with one attached hydrogen (secondary N) is 1. The molecule has 0 aliphatic heterocycles. The first-order valence-electron chi connectivity index (χ1n) is 6.13. The second-order valence-corrected chi connectivity index (χ2v) is 7.38. The summed E-state index contributed by atoms with van der Waals surface area (Å²) < 4.78 is 32.7. The van der Waals surface area contributed by atoms with E-state index in [0.717, 1.165) is 28.3 Å². The Morgan fingerprint density at radius 3 is 2.71 bits per heavy atom. The van der Waals surface area contributed by atoms with Gasteiger partial charge >= 0.3 is 0 Å². The molecule has 3 rings (SSSR count). The average molecular weight is 323 g/mol. The lowest BCUT2D eigenvalue weighted by Gasteiger charge is -2.09. The highest BCUT2D eigenvalue weighted by molar-refractivity contribution is 7.94. The molecule has 0 spiro atoms. The number of pyridine rings is 1. The molecule has 0 radical (unpaired) electrons. The molecule has 1 N–H and O–H groups in total. The highest BCUT2D eigenvalue weighted by Crippen LogP contribution is 2.25. The maximum absolute atomic E-state index is 12.3. The average Bonchev–Trinajstić information content (AvgIpc) is 3.02. The number of nitrogens with zero attached hydrogens (tertiary/aromatic N) is 4. The normalized spacial score (nSPS) is 12.0. The molecule has 7 nitrogen and oxygen atoms in total. The van der Waals surface area contributed by atoms with Crippen molar-refractivity contribution >= 4 is 38.3 Å². The molecule has 0 aliphatic rings. The van der Waals surface area contributed by atoms with Crippen molar-refractivity contribution in [3.8, 4) is 0 Å². The number of hydrogen-bond donors (Lipinski definition) is 1. The zero-order valence-electron chi connectivity index (χ0n) is 11.7. The van der Waals surface area contributed by atoms with Gasteiger partial charge in [0.25, 0.3) is 10.0 Å². The first-order valence-corrected chi connectivity index (χ1v) is 8.38. The van der Waals surface area contributed by atoms with Crippen molar-refractivity contribution in [2.75, 3.05) is 4.72 Å². The third kappa shape index (κ3) is 2.38. The summed E-state index contributed by atoms with van der Waals surface area (Å²) in [5.41, 5.74) is 2.58. The van der Waals surface area contributed by atoms with Gasteiger partial charge in [-0.1, -0.05) is 0 Å². The predicted octanol–water partition coefficient (Wildman–Crippen LogP) is 1.84. The van der Waals surface area contributed by atoms with Crippen LogP contribution in [0.3, 0.4) is 0 Å². The van der Waals surface area contributed by atoms with Crippen molar-refractivity contribution in [2.45, 2.75) is 18.1 Å². The minimum atomic E-state index is -3.63. The third-order valence-electron chi connectivity index (χ3n) is 3.11. The largest absolute Gasteiger partial charge is 0.277 e. The molecule has 3 aromatic rings. The monoisotopic (exact) mass is 323 g/mol. The third-order valence-corrected chi connectivity index (χ3v) is 5.69. The van der Waals surface area contributed by atoms with Gasteiger partial charge in [-0.15, -0.1) is 0 Å². The lowest BCUT2D eigenvalue weighted by atomic mass is 10.2. The number of anilines is 1. The molecule has 0 bridgehead atoms. The SMILES string of the molecule is Cc1nc2c(cc1NS(=O)(=O)c1ccns1)c(C)nn2C. The van der Waals surface area contributed by atoms with Crippen LogP contribution < -0.4 is 4.72 Å². The Morgan fingerprint density at radius 2 is 2.05 bits per heavy atom. The van der Waals surface area contributed by atoms with Gasteiger partial charge in [0.05, 0.1) is 17.1 Å². The van der Waals surface area contributed by atoms with Crippen molar-refractivity contribution < 1.29 is 8.42 Å². The number of fused-ring (bicyclic) bond motifs is 1. The molecular formula is C12H13N5O2S2. The Bertz CT molecular complexity index is 913. The molecular weight excluding hydrogens is 310 g/mol. The summed E-state index contributed by atoms with van der Waals surface area (Å²) in [6.07, 6.45) is 1.46. The Morgan fingerprint density at radius 1 is 1.29 bits per heavy atom. The Kier molecular flexibility index (Phi) is 3.18. The minimum absolute atomic E-state index is 0.171. The van der Waals surface area contributed by atoms with Crippen LogP contribution in [0.5, 0.6) is 0 Å². The van der Waals surface area contributed by atoms with E-state index in [1.807, 2.05) is 14.0 Å². The van der Waals surface area contributed by atoms with E-state index in [2.05, 4.69) is 19.2 Å². The number of rotatable bonds is 3. The van der Waals surface area contributed by atoms with Gasteiger partial charge in [-0.25, -0.2) is 13.4 Å². The Labute approximate surface area is 125 Å². The molecule has 3 heterocycles. The molecule has 9 heteroatoms. The van der Waals surface area contributed by atoms with Crippen LogP contribution in [0.4, 0.5) is 5.69 Å². The van der Waals surface area contributed by atoms with Gasteiger partial charge in [-0.05, 0) is 37.5 Å². The highest BCUT2D eigenvalue weighted by atomic mass is 32.2. The van der Waals surface area contributed by atoms with Crippen LogP contribution in [-0.4, -0.2) is 27.6 Å². The maximum atomic E-state index is 12.3. The van der Waals surface area contributed by atoms with Crippen molar-refractivity contribution in [3.05, 3.63) is 29.7 Å². The van der Waals surface area contributed by atoms with Crippen molar-refractivity contribution in [1.29, 1.82) is 0 Å². The van der Waals surface area contributed by atoms with E-state index in [4.69, 9.17) is 0 Å². The van der Waals surface area contributed by atoms with Crippen LogP contribution in [0, 0.1) is 13.8 Å². The van der Waals surface area contributed by atoms with Crippen LogP contribution in [-0.2, 0) is 17.1 Å². The van der Waals surface area contributed by atoms with Gasteiger partial charge in [-0.2, -0.15) is 9.47 Å². The van der Waals surface area contributed by atoms with E-state index in [0.29, 0.717) is 11.4 Å². The smallest absolute Gasteiger partial charge is 0.273 e. The van der Waals surface area contributed by atoms with Gasteiger partial charge in [0.2, 0.25) is 0 Å². The molecule has 0 saturated heterocycles. The lowest BCUT2D eigenvalue weighted by Crippen LogP contribution is -2.13. The van der Waals surface area contributed by atoms with Gasteiger partial charge in [0.15, 0.2) is 9.86 Å². The summed E-state index contributed by atoms with van der Waals surface area (Å²) in [5, 5.41) is 5.11. The molecule has 0 amide bonds. The van der Waals surface area contributed by atoms with Crippen molar-refractivity contribution in [1.82, 2.24) is 19.1 Å². The van der Waals surface area contributed by atoms with Crippen molar-refractivity contribution in [3.63, 3.8) is 0 Å². The number of hydrogen-bond acceptors (Lipinski definition) is 6. The number of aromatic nitrogens is 4. The first-order chi connectivity index (χ1) is 9.88. The second kappa shape index (κ2) is 4.78. The fourth-order valence-corrected chi connectivity index (χ4v) is 3.90. The van der Waals surface area contributed by atoms with Gasteiger partial charge in [-0.3, -0.25) is 9.40 Å². The zero-order valence-corrected chi connectivity index (χ0v) is 13.3. The van der Waals surface area contributed by atoms with E-state index >= 15 is 0 Å². The quantitative estimate of drug-likeness (QED) is 0.794. The maximum Gasteiger partial charge on any atom is 0.273 e. The van der Waals surface area contributed by atoms with Gasteiger partial charge in [0.1, 0.15) is 0 Å². The zero-order chi connectivity index (χ0) is 15.2. The summed E-state index contributed by atoms with van der Waals surface area (Å²) in [4.78, 5) is 4.42. The number of aryl methyl sites for hydroxylation is 3. The molecule has 0 unspecified atom stereocenters. The number of sulfonamides is 1. The fraction of sp³-hybridized carbons (Fsp3) is 0.250. The summed E-state index contributed by atoms with van der Waals surface area (Å²) >= 11 is 0.929. The van der Waals surface area contributed by atoms with Crippen LogP contribution in [0.2, 0.25) is 0 Å². The van der Waals surface area contributed by atoms with E-state index in [1.54, 1.807) is 17.7 Å². The topological polar surface area (TPSA) is 89.8 Å². The summed E-state index contributed by atoms with van der Waals surface area (Å²) in [5.74, 6) is 0. The molecule has 0 saturated carbocycles. The van der Waals surface area contributed by atoms with Crippen molar-refractivity contribution in [2.24, 2.45) is 7.05 Å². The predicted molar refractivity (Wildman–Crippen MR) is 80.9 cm³/mol. The van der Waals surface area contributed by atoms with E-state index < -0.39 is 10.0 Å². The van der Waals surface area contributed by atoms with E-state index in [1.165, 1.54) is 12.3 Å². The molecule has 21 heavy (non-hydrogen) atoms. The molecule has 0 atom stereocenters. The molecule has 0 aliphatic carbocycles. The molecule has 110 valence electrons. The van der Waals surface area contributed by atoms with Gasteiger partial charge < -0.3 is 0 Å². The first kappa shape index (κ1) is 14.0. The van der Waals surface area contributed by atoms with Crippen LogP contribution in [0.15, 0.2) is 22.5 Å². The lowest BCUT2D eigenvalue weighted by molar-refractivity contribution is 0.603.